The van der Waals surface area contributed by atoms with Gasteiger partial charge in [0.1, 0.15) is 0 Å². The number of aryl methyl sites for hydroxylation is 2. The number of nitrogens with one attached hydrogen (secondary N) is 1. The van der Waals surface area contributed by atoms with E-state index in [1.165, 1.54) is 24.7 Å². The number of fused-ring (bicyclic) bond motifs is 1. The highest BCUT2D eigenvalue weighted by atomic mass is 16.5. The molecule has 1 amide bonds. The predicted octanol–water partition coefficient (Wildman–Crippen LogP) is 4.66. The molecule has 0 aromatic heterocycles. The van der Waals surface area contributed by atoms with Gasteiger partial charge < -0.3 is 19.9 Å². The monoisotopic (exact) mass is 467 g/mol. The summed E-state index contributed by atoms with van der Waals surface area (Å²) >= 11 is 0. The topological polar surface area (TPSA) is 102 Å². The molecule has 7 nitrogen and oxygen atoms in total. The lowest BCUT2D eigenvalue weighted by molar-refractivity contribution is -0.137. The zero-order chi connectivity index (χ0) is 24.5. The van der Waals surface area contributed by atoms with Gasteiger partial charge in [0.2, 0.25) is 5.91 Å². The highest BCUT2D eigenvalue weighted by Gasteiger charge is 2.21. The Morgan fingerprint density at radius 3 is 2.47 bits per heavy atom. The lowest BCUT2D eigenvalue weighted by Gasteiger charge is -2.19. The van der Waals surface area contributed by atoms with E-state index in [4.69, 9.17) is 9.47 Å². The van der Waals surface area contributed by atoms with Crippen molar-refractivity contribution < 1.29 is 29.0 Å². The number of hydrogen-bond acceptors (Lipinski definition) is 5. The minimum absolute atomic E-state index is 0.0130. The number of methoxy groups -OCH3 is 1. The van der Waals surface area contributed by atoms with Crippen LogP contribution in [0.3, 0.4) is 0 Å². The number of ketones is 1. The minimum Gasteiger partial charge on any atom is -0.493 e. The van der Waals surface area contributed by atoms with Crippen LogP contribution in [-0.4, -0.2) is 36.5 Å². The van der Waals surface area contributed by atoms with Gasteiger partial charge in [0.25, 0.3) is 0 Å². The van der Waals surface area contributed by atoms with Crippen molar-refractivity contribution in [2.45, 2.75) is 64.3 Å². The van der Waals surface area contributed by atoms with Crippen LogP contribution in [0.25, 0.3) is 0 Å². The van der Waals surface area contributed by atoms with E-state index in [2.05, 4.69) is 5.32 Å². The van der Waals surface area contributed by atoms with Crippen LogP contribution in [0.2, 0.25) is 0 Å². The van der Waals surface area contributed by atoms with E-state index >= 15 is 0 Å². The van der Waals surface area contributed by atoms with Crippen LogP contribution in [0.4, 0.5) is 0 Å². The van der Waals surface area contributed by atoms with E-state index in [9.17, 15) is 19.5 Å². The molecule has 2 aromatic rings. The fourth-order valence-corrected chi connectivity index (χ4v) is 4.20. The van der Waals surface area contributed by atoms with Gasteiger partial charge in [-0.3, -0.25) is 14.4 Å². The van der Waals surface area contributed by atoms with Gasteiger partial charge in [0.05, 0.1) is 26.2 Å². The Morgan fingerprint density at radius 2 is 1.76 bits per heavy atom. The van der Waals surface area contributed by atoms with E-state index in [1.807, 2.05) is 25.1 Å². The van der Waals surface area contributed by atoms with E-state index < -0.39 is 12.0 Å². The van der Waals surface area contributed by atoms with Crippen LogP contribution >= 0.6 is 0 Å². The lowest BCUT2D eigenvalue weighted by Crippen LogP contribution is -2.30. The molecule has 1 unspecified atom stereocenters. The second-order valence-electron chi connectivity index (χ2n) is 8.59. The normalized spacial score (nSPS) is 13.5. The average Bonchev–Trinajstić information content (AvgIpc) is 2.84. The van der Waals surface area contributed by atoms with Crippen molar-refractivity contribution in [3.8, 4) is 11.5 Å². The number of hydrogen-bond donors (Lipinski definition) is 2. The number of ether oxygens (including phenoxy) is 2. The summed E-state index contributed by atoms with van der Waals surface area (Å²) in [5.41, 5.74) is 3.75. The molecule has 7 heteroatoms. The van der Waals surface area contributed by atoms with E-state index in [0.29, 0.717) is 29.2 Å². The molecule has 0 heterocycles. The van der Waals surface area contributed by atoms with Gasteiger partial charge in [0, 0.05) is 18.4 Å². The first kappa shape index (κ1) is 25.3. The number of carbonyl (C=O) groups excluding carboxylic acids is 2. The molecule has 182 valence electrons. The summed E-state index contributed by atoms with van der Waals surface area (Å²) in [4.78, 5) is 36.7. The van der Waals surface area contributed by atoms with Crippen LogP contribution in [0.15, 0.2) is 36.4 Å². The maximum atomic E-state index is 12.7. The summed E-state index contributed by atoms with van der Waals surface area (Å²) in [5, 5.41) is 12.1. The van der Waals surface area contributed by atoms with Gasteiger partial charge in [-0.1, -0.05) is 25.1 Å². The number of benzene rings is 2. The van der Waals surface area contributed by atoms with E-state index in [-0.39, 0.29) is 31.0 Å². The molecule has 3 rings (SSSR count). The van der Waals surface area contributed by atoms with Crippen molar-refractivity contribution in [3.63, 3.8) is 0 Å². The third-order valence-corrected chi connectivity index (χ3v) is 6.02. The average molecular weight is 468 g/mol. The highest BCUT2D eigenvalue weighted by molar-refractivity contribution is 5.98. The zero-order valence-corrected chi connectivity index (χ0v) is 19.9. The summed E-state index contributed by atoms with van der Waals surface area (Å²) in [5.74, 6) is -0.469. The molecule has 0 fully saturated rings. The molecule has 34 heavy (non-hydrogen) atoms. The highest BCUT2D eigenvalue weighted by Crippen LogP contribution is 2.31. The standard InChI is InChI=1S/C27H33NO6/c1-3-14-34-24-12-10-20(16-25(24)33-2)22(17-27(31)32)28-26(30)13-11-23(29)21-9-8-18-6-4-5-7-19(18)15-21/h8-10,12,15-16,22H,3-7,11,13-14,17H2,1-2H3,(H,28,30)(H,31,32). The Balaban J connectivity index is 1.64. The van der Waals surface area contributed by atoms with Crippen LogP contribution in [-0.2, 0) is 22.4 Å². The summed E-state index contributed by atoms with van der Waals surface area (Å²) in [6, 6.07) is 10.2. The number of rotatable bonds is 12. The molecule has 2 aromatic carbocycles. The zero-order valence-electron chi connectivity index (χ0n) is 19.9. The molecule has 0 spiro atoms. The summed E-state index contributed by atoms with van der Waals surface area (Å²) in [6.07, 6.45) is 4.95. The molecular weight excluding hydrogens is 434 g/mol. The second kappa shape index (κ2) is 12.2. The van der Waals surface area contributed by atoms with Crippen molar-refractivity contribution in [1.29, 1.82) is 0 Å². The largest absolute Gasteiger partial charge is 0.493 e. The van der Waals surface area contributed by atoms with Gasteiger partial charge >= 0.3 is 5.97 Å². The maximum Gasteiger partial charge on any atom is 0.305 e. The first-order valence-corrected chi connectivity index (χ1v) is 11.9. The fraction of sp³-hybridized carbons (Fsp3) is 0.444. The Hall–Kier alpha value is -3.35. The van der Waals surface area contributed by atoms with Crippen LogP contribution in [0.1, 0.15) is 78.5 Å². The number of carboxylic acids is 1. The SMILES string of the molecule is CCCOc1ccc(C(CC(=O)O)NC(=O)CCC(=O)c2ccc3c(c2)CCCC3)cc1OC. The summed E-state index contributed by atoms with van der Waals surface area (Å²) < 4.78 is 11.0. The third-order valence-electron chi connectivity index (χ3n) is 6.02. The molecular formula is C27H33NO6. The fourth-order valence-electron chi connectivity index (χ4n) is 4.20. The quantitative estimate of drug-likeness (QED) is 0.440. The maximum absolute atomic E-state index is 12.7. The molecule has 1 aliphatic carbocycles. The van der Waals surface area contributed by atoms with Crippen molar-refractivity contribution in [3.05, 3.63) is 58.7 Å². The Bertz CT molecular complexity index is 1030. The van der Waals surface area contributed by atoms with Crippen molar-refractivity contribution in [2.24, 2.45) is 0 Å². The molecule has 0 radical (unpaired) electrons. The molecule has 0 aliphatic heterocycles. The number of amides is 1. The second-order valence-corrected chi connectivity index (χ2v) is 8.59. The van der Waals surface area contributed by atoms with Crippen molar-refractivity contribution >= 4 is 17.7 Å². The molecule has 0 saturated heterocycles. The third kappa shape index (κ3) is 6.83. The molecule has 1 atom stereocenters. The Morgan fingerprint density at radius 1 is 1.00 bits per heavy atom. The van der Waals surface area contributed by atoms with Crippen molar-refractivity contribution in [2.75, 3.05) is 13.7 Å². The predicted molar refractivity (Wildman–Crippen MR) is 129 cm³/mol. The number of Topliss-reactive ketones (excluding diaryl/α,β-unsaturated/α-hetero) is 1. The van der Waals surface area contributed by atoms with Crippen LogP contribution in [0.5, 0.6) is 11.5 Å². The molecule has 0 bridgehead atoms. The number of carbonyl (C=O) groups is 3. The molecule has 0 saturated carbocycles. The van der Waals surface area contributed by atoms with Crippen LogP contribution < -0.4 is 14.8 Å². The van der Waals surface area contributed by atoms with Gasteiger partial charge in [-0.15, -0.1) is 0 Å². The van der Waals surface area contributed by atoms with E-state index in [0.717, 1.165) is 25.7 Å². The first-order valence-electron chi connectivity index (χ1n) is 11.9. The van der Waals surface area contributed by atoms with Gasteiger partial charge in [-0.05, 0) is 67.0 Å². The minimum atomic E-state index is -1.04. The number of carboxylic acid groups (broad SMARTS) is 1. The number of aliphatic carboxylic acids is 1. The Kier molecular flexibility index (Phi) is 9.08. The van der Waals surface area contributed by atoms with Gasteiger partial charge in [-0.2, -0.15) is 0 Å². The van der Waals surface area contributed by atoms with E-state index in [1.54, 1.807) is 18.2 Å². The molecule has 1 aliphatic rings. The summed E-state index contributed by atoms with van der Waals surface area (Å²) in [6.45, 7) is 2.53. The van der Waals surface area contributed by atoms with Crippen LogP contribution in [0, 0.1) is 0 Å². The summed E-state index contributed by atoms with van der Waals surface area (Å²) in [7, 11) is 1.51. The van der Waals surface area contributed by atoms with Gasteiger partial charge in [0.15, 0.2) is 17.3 Å². The Labute approximate surface area is 200 Å². The molecule has 2 N–H and O–H groups in total. The first-order chi connectivity index (χ1) is 16.4. The lowest BCUT2D eigenvalue weighted by atomic mass is 9.89. The smallest absolute Gasteiger partial charge is 0.305 e. The van der Waals surface area contributed by atoms with Crippen molar-refractivity contribution in [1.82, 2.24) is 5.32 Å². The van der Waals surface area contributed by atoms with Gasteiger partial charge in [-0.25, -0.2) is 0 Å².